The van der Waals surface area contributed by atoms with E-state index in [1.54, 1.807) is 0 Å². The fourth-order valence-corrected chi connectivity index (χ4v) is 2.68. The van der Waals surface area contributed by atoms with Gasteiger partial charge in [0.25, 0.3) is 0 Å². The van der Waals surface area contributed by atoms with Gasteiger partial charge in [-0.15, -0.1) is 0 Å². The lowest BCUT2D eigenvalue weighted by Crippen LogP contribution is -2.25. The van der Waals surface area contributed by atoms with Crippen LogP contribution in [0.25, 0.3) is 12.2 Å². The molecular weight excluding hydrogens is 327 g/mol. The third kappa shape index (κ3) is 4.04. The van der Waals surface area contributed by atoms with E-state index in [1.807, 2.05) is 48.3 Å². The lowest BCUT2D eigenvalue weighted by molar-refractivity contribution is -0.671. The Morgan fingerprint density at radius 2 is 1.78 bits per heavy atom. The van der Waals surface area contributed by atoms with Crippen molar-refractivity contribution in [3.63, 3.8) is 0 Å². The van der Waals surface area contributed by atoms with Gasteiger partial charge in [0, 0.05) is 30.6 Å². The summed E-state index contributed by atoms with van der Waals surface area (Å²) in [7, 11) is 2.01. The summed E-state index contributed by atoms with van der Waals surface area (Å²) in [5.74, 6) is 0. The van der Waals surface area contributed by atoms with Gasteiger partial charge >= 0.3 is 0 Å². The van der Waals surface area contributed by atoms with E-state index >= 15 is 0 Å². The third-order valence-corrected chi connectivity index (χ3v) is 4.39. The summed E-state index contributed by atoms with van der Waals surface area (Å²) in [6, 6.07) is 14.1. The molecule has 0 aliphatic carbocycles. The Morgan fingerprint density at radius 1 is 1.00 bits per heavy atom. The predicted molar refractivity (Wildman–Crippen MR) is 96.5 cm³/mol. The van der Waals surface area contributed by atoms with Crippen LogP contribution in [0.15, 0.2) is 61.1 Å². The molecule has 3 rings (SSSR count). The summed E-state index contributed by atoms with van der Waals surface area (Å²) >= 11 is 12.1. The van der Waals surface area contributed by atoms with E-state index in [2.05, 4.69) is 41.1 Å². The first-order chi connectivity index (χ1) is 11.1. The van der Waals surface area contributed by atoms with E-state index in [1.165, 1.54) is 5.56 Å². The van der Waals surface area contributed by atoms with Crippen LogP contribution in [0.3, 0.4) is 0 Å². The van der Waals surface area contributed by atoms with E-state index < -0.39 is 0 Å². The fourth-order valence-electron chi connectivity index (χ4n) is 2.36. The van der Waals surface area contributed by atoms with Crippen LogP contribution in [-0.4, -0.2) is 4.57 Å². The zero-order valence-corrected chi connectivity index (χ0v) is 14.3. The molecule has 0 radical (unpaired) electrons. The van der Waals surface area contributed by atoms with E-state index in [9.17, 15) is 0 Å². The minimum absolute atomic E-state index is 0.584. The molecule has 0 amide bonds. The van der Waals surface area contributed by atoms with Gasteiger partial charge in [0.1, 0.15) is 7.05 Å². The van der Waals surface area contributed by atoms with Crippen molar-refractivity contribution in [3.8, 4) is 0 Å². The Bertz CT molecular complexity index is 833. The SMILES string of the molecule is C[n+]1ccc(/C=C/c2cccn2Cc2ccc(Cl)c(Cl)c2)cc1. The minimum Gasteiger partial charge on any atom is -0.344 e. The smallest absolute Gasteiger partial charge is 0.169 e. The summed E-state index contributed by atoms with van der Waals surface area (Å²) in [6.07, 6.45) is 10.4. The highest BCUT2D eigenvalue weighted by Gasteiger charge is 2.03. The van der Waals surface area contributed by atoms with Gasteiger partial charge in [-0.3, -0.25) is 0 Å². The molecule has 3 aromatic rings. The van der Waals surface area contributed by atoms with Crippen molar-refractivity contribution in [2.45, 2.75) is 6.54 Å². The van der Waals surface area contributed by atoms with Crippen LogP contribution in [0.2, 0.25) is 10.0 Å². The largest absolute Gasteiger partial charge is 0.344 e. The number of aromatic nitrogens is 2. The Kier molecular flexibility index (Phi) is 4.85. The second kappa shape index (κ2) is 7.03. The second-order valence-electron chi connectivity index (χ2n) is 5.44. The molecule has 2 nitrogen and oxygen atoms in total. The normalized spacial score (nSPS) is 11.3. The summed E-state index contributed by atoms with van der Waals surface area (Å²) in [5, 5.41) is 1.17. The highest BCUT2D eigenvalue weighted by molar-refractivity contribution is 6.42. The fraction of sp³-hybridized carbons (Fsp3) is 0.105. The molecule has 0 atom stereocenters. The van der Waals surface area contributed by atoms with Crippen molar-refractivity contribution >= 4 is 35.4 Å². The molecule has 0 N–H and O–H groups in total. The van der Waals surface area contributed by atoms with Crippen molar-refractivity contribution in [2.75, 3.05) is 0 Å². The summed E-state index contributed by atoms with van der Waals surface area (Å²) in [6.45, 7) is 0.757. The van der Waals surface area contributed by atoms with Crippen LogP contribution in [0, 0.1) is 0 Å². The zero-order chi connectivity index (χ0) is 16.2. The van der Waals surface area contributed by atoms with Crippen molar-refractivity contribution in [2.24, 2.45) is 7.05 Å². The lowest BCUT2D eigenvalue weighted by atomic mass is 10.2. The Balaban J connectivity index is 1.79. The van der Waals surface area contributed by atoms with E-state index in [0.29, 0.717) is 10.0 Å². The molecule has 4 heteroatoms. The number of hydrogen-bond acceptors (Lipinski definition) is 0. The van der Waals surface area contributed by atoms with Crippen molar-refractivity contribution in [1.82, 2.24) is 4.57 Å². The number of benzene rings is 1. The maximum Gasteiger partial charge on any atom is 0.169 e. The second-order valence-corrected chi connectivity index (χ2v) is 6.25. The maximum atomic E-state index is 6.09. The zero-order valence-electron chi connectivity index (χ0n) is 12.8. The highest BCUT2D eigenvalue weighted by Crippen LogP contribution is 2.23. The van der Waals surface area contributed by atoms with E-state index in [4.69, 9.17) is 23.2 Å². The van der Waals surface area contributed by atoms with Gasteiger partial charge in [-0.05, 0) is 41.5 Å². The molecule has 0 fully saturated rings. The van der Waals surface area contributed by atoms with Gasteiger partial charge in [0.05, 0.1) is 10.0 Å². The van der Waals surface area contributed by atoms with Gasteiger partial charge in [-0.2, -0.15) is 0 Å². The van der Waals surface area contributed by atoms with Crippen LogP contribution in [-0.2, 0) is 13.6 Å². The standard InChI is InChI=1S/C19H17Cl2N2/c1-22-11-8-15(9-12-22)4-6-17-3-2-10-23(17)14-16-5-7-18(20)19(21)13-16/h2-13H,14H2,1H3/q+1. The molecule has 2 aromatic heterocycles. The number of halogens is 2. The molecule has 0 saturated heterocycles. The first kappa shape index (κ1) is 15.9. The summed E-state index contributed by atoms with van der Waals surface area (Å²) in [4.78, 5) is 0. The molecule has 1 aromatic carbocycles. The van der Waals surface area contributed by atoms with Crippen LogP contribution >= 0.6 is 23.2 Å². The van der Waals surface area contributed by atoms with Crippen molar-refractivity contribution in [1.29, 1.82) is 0 Å². The van der Waals surface area contributed by atoms with Crippen LogP contribution in [0.4, 0.5) is 0 Å². The molecule has 0 spiro atoms. The number of nitrogens with zero attached hydrogens (tertiary/aromatic N) is 2. The molecule has 23 heavy (non-hydrogen) atoms. The first-order valence-corrected chi connectivity index (χ1v) is 8.10. The molecular formula is C19H17Cl2N2+. The summed E-state index contributed by atoms with van der Waals surface area (Å²) in [5.41, 5.74) is 3.44. The Hall–Kier alpha value is -2.03. The Labute approximate surface area is 146 Å². The van der Waals surface area contributed by atoms with Crippen LogP contribution in [0.1, 0.15) is 16.8 Å². The average Bonchev–Trinajstić information content (AvgIpc) is 2.98. The monoisotopic (exact) mass is 343 g/mol. The first-order valence-electron chi connectivity index (χ1n) is 7.34. The Morgan fingerprint density at radius 3 is 2.52 bits per heavy atom. The molecule has 0 aliphatic heterocycles. The topological polar surface area (TPSA) is 8.81 Å². The van der Waals surface area contributed by atoms with Crippen molar-refractivity contribution < 1.29 is 4.57 Å². The number of rotatable bonds is 4. The van der Waals surface area contributed by atoms with Gasteiger partial charge in [0.2, 0.25) is 0 Å². The molecule has 0 saturated carbocycles. The van der Waals surface area contributed by atoms with Crippen LogP contribution in [0.5, 0.6) is 0 Å². The molecule has 0 aliphatic rings. The maximum absolute atomic E-state index is 6.09. The van der Waals surface area contributed by atoms with Crippen molar-refractivity contribution in [3.05, 3.63) is 87.9 Å². The minimum atomic E-state index is 0.584. The van der Waals surface area contributed by atoms with Gasteiger partial charge in [0.15, 0.2) is 12.4 Å². The number of hydrogen-bond donors (Lipinski definition) is 0. The van der Waals surface area contributed by atoms with Gasteiger partial charge in [-0.1, -0.05) is 35.3 Å². The highest BCUT2D eigenvalue weighted by atomic mass is 35.5. The number of pyridine rings is 1. The third-order valence-electron chi connectivity index (χ3n) is 3.65. The molecule has 0 bridgehead atoms. The van der Waals surface area contributed by atoms with Gasteiger partial charge in [-0.25, -0.2) is 4.57 Å². The summed E-state index contributed by atoms with van der Waals surface area (Å²) < 4.78 is 4.20. The molecule has 116 valence electrons. The lowest BCUT2D eigenvalue weighted by Gasteiger charge is -2.08. The van der Waals surface area contributed by atoms with E-state index in [-0.39, 0.29) is 0 Å². The number of aryl methyl sites for hydroxylation is 1. The van der Waals surface area contributed by atoms with Gasteiger partial charge < -0.3 is 4.57 Å². The molecule has 2 heterocycles. The predicted octanol–water partition coefficient (Wildman–Crippen LogP) is 4.84. The quantitative estimate of drug-likeness (QED) is 0.599. The van der Waals surface area contributed by atoms with E-state index in [0.717, 1.165) is 17.8 Å². The molecule has 0 unspecified atom stereocenters. The average molecular weight is 344 g/mol. The van der Waals surface area contributed by atoms with Crippen LogP contribution < -0.4 is 4.57 Å².